The minimum atomic E-state index is -0.702. The summed E-state index contributed by atoms with van der Waals surface area (Å²) < 4.78 is 23.9. The highest BCUT2D eigenvalue weighted by atomic mass is 19.1. The van der Waals surface area contributed by atoms with E-state index in [-0.39, 0.29) is 17.9 Å². The van der Waals surface area contributed by atoms with Crippen molar-refractivity contribution in [2.75, 3.05) is 19.7 Å². The molecule has 0 unspecified atom stereocenters. The minimum absolute atomic E-state index is 0.256. The van der Waals surface area contributed by atoms with E-state index in [4.69, 9.17) is 9.47 Å². The topological polar surface area (TPSA) is 55.8 Å². The van der Waals surface area contributed by atoms with E-state index >= 15 is 0 Å². The molecule has 1 aliphatic rings. The lowest BCUT2D eigenvalue weighted by molar-refractivity contribution is -0.158. The highest BCUT2D eigenvalue weighted by Gasteiger charge is 2.44. The van der Waals surface area contributed by atoms with Crippen molar-refractivity contribution in [2.45, 2.75) is 52.6 Å². The van der Waals surface area contributed by atoms with Crippen molar-refractivity contribution in [3.8, 4) is 0 Å². The number of benzene rings is 1. The van der Waals surface area contributed by atoms with Gasteiger partial charge in [-0.1, -0.05) is 12.1 Å². The molecular formula is C20H28FNO4. The van der Waals surface area contributed by atoms with Crippen LogP contribution in [0, 0.1) is 11.2 Å². The second kappa shape index (κ2) is 8.06. The Hall–Kier alpha value is -2.11. The van der Waals surface area contributed by atoms with Crippen LogP contribution in [0.1, 0.15) is 46.1 Å². The number of hydrogen-bond acceptors (Lipinski definition) is 4. The maximum absolute atomic E-state index is 13.2. The fourth-order valence-electron chi connectivity index (χ4n) is 3.17. The molecule has 1 fully saturated rings. The van der Waals surface area contributed by atoms with Crippen LogP contribution in [-0.4, -0.2) is 42.3 Å². The van der Waals surface area contributed by atoms with E-state index in [2.05, 4.69) is 0 Å². The molecule has 1 aliphatic heterocycles. The Kier molecular flexibility index (Phi) is 6.26. The van der Waals surface area contributed by atoms with Gasteiger partial charge in [-0.05, 0) is 64.7 Å². The Morgan fingerprint density at radius 1 is 1.15 bits per heavy atom. The predicted molar refractivity (Wildman–Crippen MR) is 96.2 cm³/mol. The molecule has 0 radical (unpaired) electrons. The van der Waals surface area contributed by atoms with Gasteiger partial charge in [0.2, 0.25) is 0 Å². The third-order valence-corrected chi connectivity index (χ3v) is 4.54. The first kappa shape index (κ1) is 20.2. The van der Waals surface area contributed by atoms with Crippen LogP contribution < -0.4 is 0 Å². The zero-order chi connectivity index (χ0) is 19.4. The van der Waals surface area contributed by atoms with Gasteiger partial charge in [-0.3, -0.25) is 4.79 Å². The van der Waals surface area contributed by atoms with Crippen molar-refractivity contribution in [3.63, 3.8) is 0 Å². The number of amides is 1. The number of esters is 1. The number of likely N-dealkylation sites (tertiary alicyclic amines) is 1. The average Bonchev–Trinajstić information content (AvgIpc) is 2.56. The zero-order valence-corrected chi connectivity index (χ0v) is 16.0. The van der Waals surface area contributed by atoms with Crippen molar-refractivity contribution in [3.05, 3.63) is 35.6 Å². The van der Waals surface area contributed by atoms with Gasteiger partial charge in [-0.25, -0.2) is 9.18 Å². The fourth-order valence-corrected chi connectivity index (χ4v) is 3.17. The fraction of sp³-hybridized carbons (Fsp3) is 0.600. The molecule has 0 atom stereocenters. The Bertz CT molecular complexity index is 628. The maximum atomic E-state index is 13.2. The predicted octanol–water partition coefficient (Wildman–Crippen LogP) is 3.95. The second-order valence-electron chi connectivity index (χ2n) is 7.77. The second-order valence-corrected chi connectivity index (χ2v) is 7.77. The summed E-state index contributed by atoms with van der Waals surface area (Å²) in [7, 11) is 0. The molecule has 0 N–H and O–H groups in total. The van der Waals surface area contributed by atoms with Crippen LogP contribution in [0.3, 0.4) is 0 Å². The molecule has 1 amide bonds. The zero-order valence-electron chi connectivity index (χ0n) is 16.0. The van der Waals surface area contributed by atoms with Crippen molar-refractivity contribution in [1.82, 2.24) is 4.90 Å². The first-order valence-corrected chi connectivity index (χ1v) is 9.05. The first-order chi connectivity index (χ1) is 12.1. The van der Waals surface area contributed by atoms with Crippen LogP contribution in [0.4, 0.5) is 9.18 Å². The molecule has 0 spiro atoms. The third kappa shape index (κ3) is 5.19. The lowest BCUT2D eigenvalue weighted by atomic mass is 9.74. The number of ether oxygens (including phenoxy) is 2. The highest BCUT2D eigenvalue weighted by molar-refractivity contribution is 5.78. The summed E-state index contributed by atoms with van der Waals surface area (Å²) in [5, 5.41) is 0. The molecule has 144 valence electrons. The summed E-state index contributed by atoms with van der Waals surface area (Å²) in [6.45, 7) is 8.41. The summed E-state index contributed by atoms with van der Waals surface area (Å²) >= 11 is 0. The van der Waals surface area contributed by atoms with E-state index in [1.165, 1.54) is 12.1 Å². The standard InChI is InChI=1S/C20H28FNO4/c1-5-25-17(23)20(14-15-6-8-16(21)9-7-15)10-12-22(13-11-20)18(24)26-19(2,3)4/h6-9H,5,10-14H2,1-4H3. The molecule has 0 aromatic heterocycles. The first-order valence-electron chi connectivity index (χ1n) is 9.05. The summed E-state index contributed by atoms with van der Waals surface area (Å²) in [4.78, 5) is 26.6. The number of nitrogens with zero attached hydrogens (tertiary/aromatic N) is 1. The monoisotopic (exact) mass is 365 g/mol. The number of carbonyl (C=O) groups excluding carboxylic acids is 2. The third-order valence-electron chi connectivity index (χ3n) is 4.54. The van der Waals surface area contributed by atoms with E-state index in [0.717, 1.165) is 5.56 Å². The SMILES string of the molecule is CCOC(=O)C1(Cc2ccc(F)cc2)CCN(C(=O)OC(C)(C)C)CC1. The van der Waals surface area contributed by atoms with Crippen molar-refractivity contribution in [1.29, 1.82) is 0 Å². The van der Waals surface area contributed by atoms with Crippen LogP contribution in [0.25, 0.3) is 0 Å². The minimum Gasteiger partial charge on any atom is -0.466 e. The molecule has 1 aromatic rings. The summed E-state index contributed by atoms with van der Waals surface area (Å²) in [6, 6.07) is 6.17. The molecule has 5 nitrogen and oxygen atoms in total. The van der Waals surface area contributed by atoms with Crippen LogP contribution >= 0.6 is 0 Å². The molecule has 2 rings (SSSR count). The Balaban J connectivity index is 2.11. The van der Waals surface area contributed by atoms with Gasteiger partial charge in [0.05, 0.1) is 12.0 Å². The van der Waals surface area contributed by atoms with Gasteiger partial charge in [-0.15, -0.1) is 0 Å². The van der Waals surface area contributed by atoms with E-state index < -0.39 is 11.0 Å². The number of carbonyl (C=O) groups is 2. The molecule has 6 heteroatoms. The molecular weight excluding hydrogens is 337 g/mol. The Labute approximate surface area is 154 Å². The molecule has 0 bridgehead atoms. The summed E-state index contributed by atoms with van der Waals surface area (Å²) in [6.07, 6.45) is 1.08. The van der Waals surface area contributed by atoms with Crippen LogP contribution in [0.5, 0.6) is 0 Å². The molecule has 0 aliphatic carbocycles. The number of piperidine rings is 1. The Morgan fingerprint density at radius 2 is 1.73 bits per heavy atom. The lowest BCUT2D eigenvalue weighted by Gasteiger charge is -2.40. The van der Waals surface area contributed by atoms with E-state index in [1.54, 1.807) is 24.0 Å². The van der Waals surface area contributed by atoms with Gasteiger partial charge in [0.25, 0.3) is 0 Å². The van der Waals surface area contributed by atoms with Gasteiger partial charge in [0.1, 0.15) is 11.4 Å². The Morgan fingerprint density at radius 3 is 2.23 bits per heavy atom. The van der Waals surface area contributed by atoms with E-state index in [9.17, 15) is 14.0 Å². The van der Waals surface area contributed by atoms with Gasteiger partial charge in [0.15, 0.2) is 0 Å². The molecule has 26 heavy (non-hydrogen) atoms. The smallest absolute Gasteiger partial charge is 0.410 e. The number of rotatable bonds is 4. The molecule has 1 aromatic carbocycles. The summed E-state index contributed by atoms with van der Waals surface area (Å²) in [5.41, 5.74) is -0.377. The largest absolute Gasteiger partial charge is 0.466 e. The molecule has 1 heterocycles. The van der Waals surface area contributed by atoms with E-state index in [0.29, 0.717) is 39.0 Å². The molecule has 0 saturated carbocycles. The number of halogens is 1. The van der Waals surface area contributed by atoms with Crippen LogP contribution in [0.2, 0.25) is 0 Å². The van der Waals surface area contributed by atoms with Crippen LogP contribution in [0.15, 0.2) is 24.3 Å². The van der Waals surface area contributed by atoms with E-state index in [1.807, 2.05) is 20.8 Å². The van der Waals surface area contributed by atoms with Gasteiger partial charge < -0.3 is 14.4 Å². The number of hydrogen-bond donors (Lipinski definition) is 0. The molecule has 1 saturated heterocycles. The van der Waals surface area contributed by atoms with Crippen molar-refractivity contribution in [2.24, 2.45) is 5.41 Å². The van der Waals surface area contributed by atoms with Gasteiger partial charge in [-0.2, -0.15) is 0 Å². The van der Waals surface area contributed by atoms with Crippen molar-refractivity contribution >= 4 is 12.1 Å². The maximum Gasteiger partial charge on any atom is 0.410 e. The van der Waals surface area contributed by atoms with Gasteiger partial charge in [0, 0.05) is 13.1 Å². The quantitative estimate of drug-likeness (QED) is 0.758. The summed E-state index contributed by atoms with van der Waals surface area (Å²) in [5.74, 6) is -0.563. The van der Waals surface area contributed by atoms with Crippen molar-refractivity contribution < 1.29 is 23.5 Å². The highest BCUT2D eigenvalue weighted by Crippen LogP contribution is 2.37. The average molecular weight is 365 g/mol. The van der Waals surface area contributed by atoms with Gasteiger partial charge >= 0.3 is 12.1 Å². The normalized spacial score (nSPS) is 16.9. The lowest BCUT2D eigenvalue weighted by Crippen LogP contribution is -2.49. The van der Waals surface area contributed by atoms with Crippen LogP contribution in [-0.2, 0) is 20.7 Å².